The molecular formula is C4H10N2O. The molecule has 3 heteroatoms. The number of hydrogen-bond donors (Lipinski definition) is 2. The van der Waals surface area contributed by atoms with Gasteiger partial charge in [0.25, 0.3) is 0 Å². The first-order valence-electron chi connectivity index (χ1n) is 2.44. The predicted octanol–water partition coefficient (Wildman–Crippen LogP) is -1.33. The first-order valence-corrected chi connectivity index (χ1v) is 2.44. The summed E-state index contributed by atoms with van der Waals surface area (Å²) in [6, 6.07) is 0. The summed E-state index contributed by atoms with van der Waals surface area (Å²) in [5.74, 6) is 0. The van der Waals surface area contributed by atoms with E-state index < -0.39 is 0 Å². The van der Waals surface area contributed by atoms with Crippen molar-refractivity contribution in [1.29, 1.82) is 0 Å². The first-order chi connectivity index (χ1) is 3.38. The van der Waals surface area contributed by atoms with Crippen LogP contribution >= 0.6 is 0 Å². The summed E-state index contributed by atoms with van der Waals surface area (Å²) < 4.78 is 4.97. The van der Waals surface area contributed by atoms with E-state index in [0.29, 0.717) is 13.1 Å². The normalized spacial score (nSPS) is 38.6. The zero-order chi connectivity index (χ0) is 5.28. The van der Waals surface area contributed by atoms with Crippen molar-refractivity contribution in [1.82, 2.24) is 0 Å². The van der Waals surface area contributed by atoms with E-state index in [0.717, 1.165) is 0 Å². The van der Waals surface area contributed by atoms with Gasteiger partial charge >= 0.3 is 0 Å². The van der Waals surface area contributed by atoms with Crippen LogP contribution in [-0.2, 0) is 4.74 Å². The fourth-order valence-corrected chi connectivity index (χ4v) is 0.594. The Kier molecular flexibility index (Phi) is 1.27. The molecule has 2 atom stereocenters. The molecule has 0 amide bonds. The molecule has 0 aromatic heterocycles. The third-order valence-electron chi connectivity index (χ3n) is 1.15. The molecule has 4 N–H and O–H groups in total. The highest BCUT2D eigenvalue weighted by molar-refractivity contribution is 4.85. The van der Waals surface area contributed by atoms with E-state index in [-0.39, 0.29) is 12.2 Å². The van der Waals surface area contributed by atoms with Gasteiger partial charge in [-0.25, -0.2) is 0 Å². The van der Waals surface area contributed by atoms with Crippen LogP contribution in [0.4, 0.5) is 0 Å². The number of hydrogen-bond acceptors (Lipinski definition) is 3. The van der Waals surface area contributed by atoms with E-state index in [2.05, 4.69) is 0 Å². The Labute approximate surface area is 42.6 Å². The van der Waals surface area contributed by atoms with E-state index in [1.54, 1.807) is 0 Å². The topological polar surface area (TPSA) is 64.6 Å². The zero-order valence-corrected chi connectivity index (χ0v) is 4.13. The lowest BCUT2D eigenvalue weighted by Crippen LogP contribution is -2.15. The highest BCUT2D eigenvalue weighted by atomic mass is 16.6. The summed E-state index contributed by atoms with van der Waals surface area (Å²) in [4.78, 5) is 0. The molecular weight excluding hydrogens is 92.1 g/mol. The van der Waals surface area contributed by atoms with Gasteiger partial charge in [0.1, 0.15) is 0 Å². The summed E-state index contributed by atoms with van der Waals surface area (Å²) >= 11 is 0. The quantitative estimate of drug-likeness (QED) is 0.425. The smallest absolute Gasteiger partial charge is 0.0976 e. The van der Waals surface area contributed by atoms with Gasteiger partial charge in [0.05, 0.1) is 12.2 Å². The Bertz CT molecular complexity index is 58.7. The summed E-state index contributed by atoms with van der Waals surface area (Å²) in [5, 5.41) is 0. The lowest BCUT2D eigenvalue weighted by Gasteiger charge is -1.79. The molecule has 0 radical (unpaired) electrons. The molecule has 0 aromatic rings. The maximum Gasteiger partial charge on any atom is 0.0976 e. The van der Waals surface area contributed by atoms with Crippen molar-refractivity contribution in [2.45, 2.75) is 12.2 Å². The molecule has 0 aromatic carbocycles. The first kappa shape index (κ1) is 5.03. The standard InChI is InChI=1S/C4H10N2O/c5-1-3-4(2-6)7-3/h3-4H,1-2,5-6H2. The highest BCUT2D eigenvalue weighted by Crippen LogP contribution is 2.17. The molecule has 1 fully saturated rings. The third-order valence-corrected chi connectivity index (χ3v) is 1.15. The number of epoxide rings is 1. The molecule has 1 rings (SSSR count). The van der Waals surface area contributed by atoms with E-state index in [9.17, 15) is 0 Å². The molecule has 1 heterocycles. The molecule has 1 aliphatic rings. The number of nitrogens with two attached hydrogens (primary N) is 2. The average molecular weight is 102 g/mol. The molecule has 0 bridgehead atoms. The SMILES string of the molecule is NCC1OC1CN. The minimum absolute atomic E-state index is 0.269. The molecule has 0 aliphatic carbocycles. The van der Waals surface area contributed by atoms with Gasteiger partial charge in [0.2, 0.25) is 0 Å². The van der Waals surface area contributed by atoms with Gasteiger partial charge in [-0.3, -0.25) is 0 Å². The zero-order valence-electron chi connectivity index (χ0n) is 4.13. The van der Waals surface area contributed by atoms with Crippen LogP contribution in [0.2, 0.25) is 0 Å². The van der Waals surface area contributed by atoms with Gasteiger partial charge in [0, 0.05) is 13.1 Å². The van der Waals surface area contributed by atoms with E-state index in [1.165, 1.54) is 0 Å². The van der Waals surface area contributed by atoms with Crippen molar-refractivity contribution < 1.29 is 4.74 Å². The fourth-order valence-electron chi connectivity index (χ4n) is 0.594. The van der Waals surface area contributed by atoms with Crippen molar-refractivity contribution in [2.24, 2.45) is 11.5 Å². The molecule has 7 heavy (non-hydrogen) atoms. The number of ether oxygens (including phenoxy) is 1. The summed E-state index contributed by atoms with van der Waals surface area (Å²) in [7, 11) is 0. The van der Waals surface area contributed by atoms with Crippen LogP contribution in [0.15, 0.2) is 0 Å². The Morgan fingerprint density at radius 2 is 1.57 bits per heavy atom. The lowest BCUT2D eigenvalue weighted by molar-refractivity contribution is 0.375. The van der Waals surface area contributed by atoms with E-state index >= 15 is 0 Å². The minimum atomic E-state index is 0.269. The van der Waals surface area contributed by atoms with Crippen LogP contribution in [-0.4, -0.2) is 25.3 Å². The molecule has 2 unspecified atom stereocenters. The number of rotatable bonds is 2. The predicted molar refractivity (Wildman–Crippen MR) is 26.8 cm³/mol. The van der Waals surface area contributed by atoms with Crippen molar-refractivity contribution >= 4 is 0 Å². The van der Waals surface area contributed by atoms with Crippen LogP contribution in [0.25, 0.3) is 0 Å². The Morgan fingerprint density at radius 3 is 1.71 bits per heavy atom. The van der Waals surface area contributed by atoms with Gasteiger partial charge in [-0.15, -0.1) is 0 Å². The largest absolute Gasteiger partial charge is 0.367 e. The molecule has 42 valence electrons. The second-order valence-electron chi connectivity index (χ2n) is 1.68. The second-order valence-corrected chi connectivity index (χ2v) is 1.68. The van der Waals surface area contributed by atoms with Crippen molar-refractivity contribution in [3.8, 4) is 0 Å². The highest BCUT2D eigenvalue weighted by Gasteiger charge is 2.35. The van der Waals surface area contributed by atoms with E-state index in [4.69, 9.17) is 16.2 Å². The molecule has 1 aliphatic heterocycles. The lowest BCUT2D eigenvalue weighted by atomic mass is 10.3. The van der Waals surface area contributed by atoms with Crippen LogP contribution in [0.1, 0.15) is 0 Å². The van der Waals surface area contributed by atoms with Crippen LogP contribution < -0.4 is 11.5 Å². The van der Waals surface area contributed by atoms with Crippen LogP contribution in [0, 0.1) is 0 Å². The maximum absolute atomic E-state index is 5.22. The van der Waals surface area contributed by atoms with Gasteiger partial charge in [-0.05, 0) is 0 Å². The molecule has 3 nitrogen and oxygen atoms in total. The summed E-state index contributed by atoms with van der Waals surface area (Å²) in [6.07, 6.45) is 0.537. The van der Waals surface area contributed by atoms with Gasteiger partial charge < -0.3 is 16.2 Å². The van der Waals surface area contributed by atoms with Crippen molar-refractivity contribution in [3.63, 3.8) is 0 Å². The van der Waals surface area contributed by atoms with E-state index in [1.807, 2.05) is 0 Å². The van der Waals surface area contributed by atoms with Gasteiger partial charge in [-0.1, -0.05) is 0 Å². The Morgan fingerprint density at radius 1 is 1.14 bits per heavy atom. The minimum Gasteiger partial charge on any atom is -0.367 e. The monoisotopic (exact) mass is 102 g/mol. The average Bonchev–Trinajstić information content (AvgIpc) is 2.43. The summed E-state index contributed by atoms with van der Waals surface area (Å²) in [5.41, 5.74) is 10.4. The van der Waals surface area contributed by atoms with Crippen molar-refractivity contribution in [3.05, 3.63) is 0 Å². The van der Waals surface area contributed by atoms with Crippen LogP contribution in [0.3, 0.4) is 0 Å². The molecule has 0 saturated carbocycles. The van der Waals surface area contributed by atoms with Gasteiger partial charge in [-0.2, -0.15) is 0 Å². The van der Waals surface area contributed by atoms with Crippen molar-refractivity contribution in [2.75, 3.05) is 13.1 Å². The Balaban J connectivity index is 2.06. The third kappa shape index (κ3) is 0.907. The summed E-state index contributed by atoms with van der Waals surface area (Å²) in [6.45, 7) is 1.23. The van der Waals surface area contributed by atoms with Crippen LogP contribution in [0.5, 0.6) is 0 Å². The second kappa shape index (κ2) is 1.78. The fraction of sp³-hybridized carbons (Fsp3) is 1.00. The Hall–Kier alpha value is -0.120. The molecule has 1 saturated heterocycles. The maximum atomic E-state index is 5.22. The molecule has 0 spiro atoms. The van der Waals surface area contributed by atoms with Gasteiger partial charge in [0.15, 0.2) is 0 Å².